The molecule has 0 saturated carbocycles. The summed E-state index contributed by atoms with van der Waals surface area (Å²) in [6.07, 6.45) is 1.67. The minimum atomic E-state index is -0.196. The van der Waals surface area contributed by atoms with Crippen LogP contribution in [0.2, 0.25) is 0 Å². The zero-order valence-corrected chi connectivity index (χ0v) is 6.71. The van der Waals surface area contributed by atoms with E-state index in [0.717, 1.165) is 11.1 Å². The fourth-order valence-corrected chi connectivity index (χ4v) is 1.27. The van der Waals surface area contributed by atoms with Crippen LogP contribution in [0.3, 0.4) is 0 Å². The van der Waals surface area contributed by atoms with Crippen LogP contribution in [0.25, 0.3) is 10.9 Å². The maximum Gasteiger partial charge on any atom is 0.132 e. The second-order valence-electron chi connectivity index (χ2n) is 2.82. The molecule has 0 aliphatic heterocycles. The third-order valence-electron chi connectivity index (χ3n) is 1.81. The third kappa shape index (κ3) is 1.05. The normalized spacial score (nSPS) is 10.5. The van der Waals surface area contributed by atoms with Crippen molar-refractivity contribution < 1.29 is 4.39 Å². The number of halogens is 1. The van der Waals surface area contributed by atoms with Crippen molar-refractivity contribution in [2.75, 3.05) is 0 Å². The van der Waals surface area contributed by atoms with Gasteiger partial charge in [-0.2, -0.15) is 0 Å². The number of pyridine rings is 1. The zero-order chi connectivity index (χ0) is 8.55. The summed E-state index contributed by atoms with van der Waals surface area (Å²) in [4.78, 5) is 4.06. The number of hydrogen-bond donors (Lipinski definition) is 0. The van der Waals surface area contributed by atoms with Crippen molar-refractivity contribution in [2.24, 2.45) is 0 Å². The van der Waals surface area contributed by atoms with Crippen LogP contribution in [0.15, 0.2) is 30.5 Å². The molecule has 12 heavy (non-hydrogen) atoms. The lowest BCUT2D eigenvalue weighted by Gasteiger charge is -1.99. The monoisotopic (exact) mass is 161 g/mol. The molecule has 1 aromatic carbocycles. The molecule has 0 amide bonds. The topological polar surface area (TPSA) is 12.9 Å². The highest BCUT2D eigenvalue weighted by Gasteiger charge is 2.00. The fraction of sp³-hybridized carbons (Fsp3) is 0.100. The summed E-state index contributed by atoms with van der Waals surface area (Å²) in [6, 6.07) is 6.86. The standard InChI is InChI=1S/C10H8FN/c1-7-5-9(11)8-3-2-4-12-10(8)6-7/h2-6H,1H3. The van der Waals surface area contributed by atoms with E-state index in [2.05, 4.69) is 4.98 Å². The summed E-state index contributed by atoms with van der Waals surface area (Å²) >= 11 is 0. The van der Waals surface area contributed by atoms with Gasteiger partial charge in [-0.25, -0.2) is 4.39 Å². The maximum atomic E-state index is 13.2. The minimum absolute atomic E-state index is 0.196. The van der Waals surface area contributed by atoms with E-state index >= 15 is 0 Å². The first-order valence-electron chi connectivity index (χ1n) is 3.78. The molecule has 0 saturated heterocycles. The summed E-state index contributed by atoms with van der Waals surface area (Å²) in [5.41, 5.74) is 1.62. The zero-order valence-electron chi connectivity index (χ0n) is 6.71. The first-order chi connectivity index (χ1) is 5.77. The summed E-state index contributed by atoms with van der Waals surface area (Å²) in [6.45, 7) is 1.86. The molecular weight excluding hydrogens is 153 g/mol. The van der Waals surface area contributed by atoms with Crippen LogP contribution in [0.4, 0.5) is 4.39 Å². The van der Waals surface area contributed by atoms with Gasteiger partial charge in [0.1, 0.15) is 5.82 Å². The van der Waals surface area contributed by atoms with Gasteiger partial charge in [-0.1, -0.05) is 0 Å². The molecule has 0 radical (unpaired) electrons. The van der Waals surface area contributed by atoms with Gasteiger partial charge in [-0.3, -0.25) is 4.98 Å². The Bertz CT molecular complexity index is 423. The van der Waals surface area contributed by atoms with Gasteiger partial charge < -0.3 is 0 Å². The van der Waals surface area contributed by atoms with Gasteiger partial charge in [0, 0.05) is 11.6 Å². The molecule has 2 aromatic rings. The van der Waals surface area contributed by atoms with E-state index in [-0.39, 0.29) is 5.82 Å². The fourth-order valence-electron chi connectivity index (χ4n) is 1.27. The van der Waals surface area contributed by atoms with Gasteiger partial charge in [0.15, 0.2) is 0 Å². The van der Waals surface area contributed by atoms with Crippen molar-refractivity contribution in [3.05, 3.63) is 41.8 Å². The van der Waals surface area contributed by atoms with Crippen molar-refractivity contribution in [1.29, 1.82) is 0 Å². The van der Waals surface area contributed by atoms with E-state index in [1.165, 1.54) is 6.07 Å². The maximum absolute atomic E-state index is 13.2. The molecule has 1 heterocycles. The van der Waals surface area contributed by atoms with E-state index < -0.39 is 0 Å². The van der Waals surface area contributed by atoms with E-state index in [1.807, 2.05) is 13.0 Å². The van der Waals surface area contributed by atoms with Crippen molar-refractivity contribution in [3.63, 3.8) is 0 Å². The second kappa shape index (κ2) is 2.55. The molecule has 0 spiro atoms. The molecule has 0 fully saturated rings. The Kier molecular flexibility index (Phi) is 1.54. The first kappa shape index (κ1) is 7.22. The third-order valence-corrected chi connectivity index (χ3v) is 1.81. The van der Waals surface area contributed by atoms with E-state index in [9.17, 15) is 4.39 Å². The Morgan fingerprint density at radius 3 is 3.00 bits per heavy atom. The average Bonchev–Trinajstić information content (AvgIpc) is 2.04. The average molecular weight is 161 g/mol. The van der Waals surface area contributed by atoms with Gasteiger partial charge in [0.05, 0.1) is 5.52 Å². The summed E-state index contributed by atoms with van der Waals surface area (Å²) in [5, 5.41) is 0.586. The van der Waals surface area contributed by atoms with Crippen LogP contribution in [0, 0.1) is 12.7 Å². The van der Waals surface area contributed by atoms with Gasteiger partial charge in [0.25, 0.3) is 0 Å². The Morgan fingerprint density at radius 1 is 1.33 bits per heavy atom. The molecule has 60 valence electrons. The van der Waals surface area contributed by atoms with Crippen LogP contribution in [0.1, 0.15) is 5.56 Å². The molecule has 0 unspecified atom stereocenters. The van der Waals surface area contributed by atoms with Crippen molar-refractivity contribution >= 4 is 10.9 Å². The molecule has 0 aliphatic rings. The molecule has 0 atom stereocenters. The van der Waals surface area contributed by atoms with Gasteiger partial charge in [0.2, 0.25) is 0 Å². The van der Waals surface area contributed by atoms with E-state index in [4.69, 9.17) is 0 Å². The van der Waals surface area contributed by atoms with E-state index in [0.29, 0.717) is 5.39 Å². The molecule has 0 aliphatic carbocycles. The summed E-state index contributed by atoms with van der Waals surface area (Å²) in [5.74, 6) is -0.196. The lowest BCUT2D eigenvalue weighted by atomic mass is 10.1. The highest BCUT2D eigenvalue weighted by Crippen LogP contribution is 2.16. The first-order valence-corrected chi connectivity index (χ1v) is 3.78. The lowest BCUT2D eigenvalue weighted by molar-refractivity contribution is 0.638. The number of fused-ring (bicyclic) bond motifs is 1. The minimum Gasteiger partial charge on any atom is -0.256 e. The Hall–Kier alpha value is -1.44. The number of aromatic nitrogens is 1. The quantitative estimate of drug-likeness (QED) is 0.578. The molecule has 1 aromatic heterocycles. The number of benzene rings is 1. The van der Waals surface area contributed by atoms with E-state index in [1.54, 1.807) is 18.3 Å². The van der Waals surface area contributed by atoms with Crippen LogP contribution in [0.5, 0.6) is 0 Å². The molecule has 0 bridgehead atoms. The number of rotatable bonds is 0. The van der Waals surface area contributed by atoms with Crippen molar-refractivity contribution in [2.45, 2.75) is 6.92 Å². The van der Waals surface area contributed by atoms with Crippen LogP contribution in [-0.2, 0) is 0 Å². The second-order valence-corrected chi connectivity index (χ2v) is 2.82. The molecule has 0 N–H and O–H groups in total. The highest BCUT2D eigenvalue weighted by molar-refractivity contribution is 5.79. The highest BCUT2D eigenvalue weighted by atomic mass is 19.1. The predicted molar refractivity (Wildman–Crippen MR) is 46.4 cm³/mol. The van der Waals surface area contributed by atoms with Gasteiger partial charge in [-0.05, 0) is 36.8 Å². The molecule has 1 nitrogen and oxygen atoms in total. The van der Waals surface area contributed by atoms with Crippen molar-refractivity contribution in [1.82, 2.24) is 4.98 Å². The predicted octanol–water partition coefficient (Wildman–Crippen LogP) is 2.68. The van der Waals surface area contributed by atoms with Crippen LogP contribution < -0.4 is 0 Å². The smallest absolute Gasteiger partial charge is 0.132 e. The SMILES string of the molecule is Cc1cc(F)c2cccnc2c1. The number of hydrogen-bond acceptors (Lipinski definition) is 1. The van der Waals surface area contributed by atoms with Gasteiger partial charge >= 0.3 is 0 Å². The Labute approximate surface area is 69.9 Å². The number of aryl methyl sites for hydroxylation is 1. The van der Waals surface area contributed by atoms with Crippen LogP contribution in [-0.4, -0.2) is 4.98 Å². The largest absolute Gasteiger partial charge is 0.256 e. The summed E-state index contributed by atoms with van der Waals surface area (Å²) in [7, 11) is 0. The van der Waals surface area contributed by atoms with Crippen LogP contribution >= 0.6 is 0 Å². The molecule has 2 rings (SSSR count). The summed E-state index contributed by atoms with van der Waals surface area (Å²) < 4.78 is 13.2. The molecule has 2 heteroatoms. The Morgan fingerprint density at radius 2 is 2.17 bits per heavy atom. The molecular formula is C10H8FN. The lowest BCUT2D eigenvalue weighted by Crippen LogP contribution is -1.84. The Balaban J connectivity index is 2.89. The van der Waals surface area contributed by atoms with Gasteiger partial charge in [-0.15, -0.1) is 0 Å². The number of nitrogens with zero attached hydrogens (tertiary/aromatic N) is 1. The van der Waals surface area contributed by atoms with Crippen molar-refractivity contribution in [3.8, 4) is 0 Å².